The van der Waals surface area contributed by atoms with Gasteiger partial charge < -0.3 is 4.74 Å². The molecule has 0 radical (unpaired) electrons. The molecule has 0 aliphatic rings. The molecule has 2 heterocycles. The van der Waals surface area contributed by atoms with Gasteiger partial charge in [-0.25, -0.2) is 20.2 Å². The third-order valence-corrected chi connectivity index (χ3v) is 5.06. The minimum atomic E-state index is -4.22. The number of nitrogens with one attached hydrogen (secondary N) is 2. The number of esters is 1. The number of anilines is 1. The van der Waals surface area contributed by atoms with Gasteiger partial charge in [0.1, 0.15) is 9.77 Å². The highest BCUT2D eigenvalue weighted by atomic mass is 32.2. The highest BCUT2D eigenvalue weighted by molar-refractivity contribution is 7.90. The number of hydrogen-bond acceptors (Lipinski definition) is 8. The number of guanidine groups is 1. The number of nitrogens with zero attached hydrogens (tertiary/aromatic N) is 3. The monoisotopic (exact) mass is 385 g/mol. The summed E-state index contributed by atoms with van der Waals surface area (Å²) in [5.74, 6) is -0.910. The Labute approximate surface area is 147 Å². The summed E-state index contributed by atoms with van der Waals surface area (Å²) < 4.78 is 33.2. The number of ether oxygens (including phenoxy) is 1. The predicted octanol–water partition coefficient (Wildman–Crippen LogP) is 0.941. The molecule has 10 nitrogen and oxygen atoms in total. The summed E-state index contributed by atoms with van der Waals surface area (Å²) in [6.45, 7) is 1.75. The van der Waals surface area contributed by atoms with Gasteiger partial charge in [-0.05, 0) is 24.4 Å². The molecule has 2 aromatic rings. The van der Waals surface area contributed by atoms with Crippen molar-refractivity contribution in [3.05, 3.63) is 34.3 Å². The first-order valence-electron chi connectivity index (χ1n) is 6.74. The first-order valence-corrected chi connectivity index (χ1v) is 9.06. The zero-order valence-electron chi connectivity index (χ0n) is 13.5. The normalized spacial score (nSPS) is 11.9. The fourth-order valence-electron chi connectivity index (χ4n) is 1.69. The lowest BCUT2D eigenvalue weighted by Gasteiger charge is -2.09. The fraction of sp³-hybridized carbons (Fsp3) is 0.231. The van der Waals surface area contributed by atoms with Gasteiger partial charge in [0.05, 0.1) is 14.2 Å². The van der Waals surface area contributed by atoms with Crippen molar-refractivity contribution in [1.29, 1.82) is 0 Å². The van der Waals surface area contributed by atoms with E-state index in [9.17, 15) is 13.2 Å². The number of aryl methyl sites for hydroxylation is 1. The zero-order valence-corrected chi connectivity index (χ0v) is 15.1. The average molecular weight is 385 g/mol. The van der Waals surface area contributed by atoms with Crippen molar-refractivity contribution >= 4 is 39.2 Å². The molecular formula is C13H15N5O5S2. The van der Waals surface area contributed by atoms with E-state index in [0.717, 1.165) is 18.4 Å². The lowest BCUT2D eigenvalue weighted by molar-refractivity contribution is 0.0602. The summed E-state index contributed by atoms with van der Waals surface area (Å²) in [4.78, 5) is 24.1. The zero-order chi connectivity index (χ0) is 18.4. The van der Waals surface area contributed by atoms with Crippen molar-refractivity contribution < 1.29 is 22.8 Å². The largest absolute Gasteiger partial charge is 0.465 e. The first kappa shape index (κ1) is 18.8. The molecule has 0 aliphatic heterocycles. The highest BCUT2D eigenvalue weighted by Crippen LogP contribution is 2.24. The topological polar surface area (TPSA) is 132 Å². The van der Waals surface area contributed by atoms with Gasteiger partial charge in [0, 0.05) is 11.9 Å². The molecule has 0 spiro atoms. The Hall–Kier alpha value is -2.57. The van der Waals surface area contributed by atoms with E-state index in [-0.39, 0.29) is 21.7 Å². The molecule has 2 rings (SSSR count). The number of aromatic nitrogens is 2. The van der Waals surface area contributed by atoms with Crippen molar-refractivity contribution in [2.75, 3.05) is 19.5 Å². The lowest BCUT2D eigenvalue weighted by atomic mass is 10.5. The number of carbonyl (C=O) groups is 1. The van der Waals surface area contributed by atoms with Crippen LogP contribution in [0.4, 0.5) is 5.95 Å². The van der Waals surface area contributed by atoms with Crippen molar-refractivity contribution in [3.63, 3.8) is 0 Å². The Morgan fingerprint density at radius 3 is 2.72 bits per heavy atom. The van der Waals surface area contributed by atoms with Gasteiger partial charge in [-0.2, -0.15) is 8.42 Å². The van der Waals surface area contributed by atoms with Gasteiger partial charge in [0.15, 0.2) is 0 Å². The van der Waals surface area contributed by atoms with Crippen LogP contribution in [0.25, 0.3) is 0 Å². The molecule has 0 amide bonds. The molecule has 2 aromatic heterocycles. The average Bonchev–Trinajstić information content (AvgIpc) is 3.04. The number of hydrogen-bond donors (Lipinski definition) is 2. The van der Waals surface area contributed by atoms with Crippen LogP contribution < -0.4 is 10.8 Å². The fourth-order valence-corrected chi connectivity index (χ4v) is 3.92. The van der Waals surface area contributed by atoms with Gasteiger partial charge in [-0.15, -0.1) is 15.7 Å². The highest BCUT2D eigenvalue weighted by Gasteiger charge is 2.25. The van der Waals surface area contributed by atoms with Gasteiger partial charge in [-0.3, -0.25) is 10.2 Å². The number of hydroxylamine groups is 1. The van der Waals surface area contributed by atoms with E-state index in [1.54, 1.807) is 13.0 Å². The Morgan fingerprint density at radius 2 is 2.08 bits per heavy atom. The van der Waals surface area contributed by atoms with Crippen LogP contribution >= 0.6 is 11.3 Å². The third kappa shape index (κ3) is 4.71. The van der Waals surface area contributed by atoms with E-state index in [2.05, 4.69) is 29.9 Å². The van der Waals surface area contributed by atoms with Gasteiger partial charge >= 0.3 is 5.97 Å². The second-order valence-electron chi connectivity index (χ2n) is 4.47. The smallest absolute Gasteiger partial charge is 0.349 e. The molecular weight excluding hydrogens is 370 g/mol. The summed E-state index contributed by atoms with van der Waals surface area (Å²) in [7, 11) is -1.77. The van der Waals surface area contributed by atoms with Gasteiger partial charge in [-0.1, -0.05) is 0 Å². The van der Waals surface area contributed by atoms with Crippen LogP contribution in [-0.4, -0.2) is 44.5 Å². The van der Waals surface area contributed by atoms with Crippen molar-refractivity contribution in [2.45, 2.75) is 11.8 Å². The third-order valence-electron chi connectivity index (χ3n) is 2.71. The van der Waals surface area contributed by atoms with E-state index in [0.29, 0.717) is 5.69 Å². The number of thiophene rings is 1. The van der Waals surface area contributed by atoms with Crippen LogP contribution in [0.15, 0.2) is 33.0 Å². The summed E-state index contributed by atoms with van der Waals surface area (Å²) in [5, 5.41) is 4.05. The standard InChI is InChI=1S/C13H15N5O5S2/c1-8-4-6-14-12(15-8)16-13(17-23-3)18-25(20,21)9-5-7-24-10(9)11(19)22-2/h4-7H,1-3H3,(H2,14,15,16,17,18). The van der Waals surface area contributed by atoms with Crippen LogP contribution in [0.1, 0.15) is 15.4 Å². The minimum Gasteiger partial charge on any atom is -0.465 e. The van der Waals surface area contributed by atoms with Gasteiger partial charge in [0.2, 0.25) is 11.9 Å². The van der Waals surface area contributed by atoms with Crippen molar-refractivity contribution in [3.8, 4) is 0 Å². The molecule has 2 N–H and O–H groups in total. The summed E-state index contributed by atoms with van der Waals surface area (Å²) >= 11 is 0.936. The second kappa shape index (κ2) is 8.00. The SMILES string of the molecule is CONC(=NS(=O)(=O)c1ccsc1C(=O)OC)Nc1nccc(C)n1. The Kier molecular flexibility index (Phi) is 6.01. The van der Waals surface area contributed by atoms with Crippen LogP contribution in [0.3, 0.4) is 0 Å². The summed E-state index contributed by atoms with van der Waals surface area (Å²) in [5.41, 5.74) is 2.97. The number of carbonyl (C=O) groups excluding carboxylic acids is 1. The molecule has 0 bridgehead atoms. The van der Waals surface area contributed by atoms with E-state index in [4.69, 9.17) is 4.84 Å². The number of sulfonamides is 1. The molecule has 0 atom stereocenters. The van der Waals surface area contributed by atoms with Crippen LogP contribution in [0.5, 0.6) is 0 Å². The Morgan fingerprint density at radius 1 is 1.32 bits per heavy atom. The van der Waals surface area contributed by atoms with Crippen LogP contribution in [-0.2, 0) is 19.6 Å². The molecule has 25 heavy (non-hydrogen) atoms. The molecule has 0 saturated heterocycles. The maximum absolute atomic E-state index is 12.5. The first-order chi connectivity index (χ1) is 11.9. The molecule has 0 fully saturated rings. The van der Waals surface area contributed by atoms with E-state index in [1.807, 2.05) is 0 Å². The molecule has 0 aliphatic carbocycles. The second-order valence-corrected chi connectivity index (χ2v) is 6.96. The maximum Gasteiger partial charge on any atom is 0.349 e. The number of methoxy groups -OCH3 is 1. The number of rotatable bonds is 5. The lowest BCUT2D eigenvalue weighted by Crippen LogP contribution is -2.31. The van der Waals surface area contributed by atoms with E-state index >= 15 is 0 Å². The van der Waals surface area contributed by atoms with Crippen LogP contribution in [0.2, 0.25) is 0 Å². The molecule has 134 valence electrons. The van der Waals surface area contributed by atoms with E-state index < -0.39 is 16.0 Å². The quantitative estimate of drug-likeness (QED) is 0.334. The van der Waals surface area contributed by atoms with Gasteiger partial charge in [0.25, 0.3) is 10.0 Å². The molecule has 0 saturated carbocycles. The summed E-state index contributed by atoms with van der Waals surface area (Å²) in [6.07, 6.45) is 1.50. The van der Waals surface area contributed by atoms with Crippen molar-refractivity contribution in [1.82, 2.24) is 15.4 Å². The molecule has 12 heteroatoms. The minimum absolute atomic E-state index is 0.0742. The van der Waals surface area contributed by atoms with E-state index in [1.165, 1.54) is 24.8 Å². The molecule has 0 aromatic carbocycles. The Bertz CT molecular complexity index is 894. The molecule has 0 unspecified atom stereocenters. The maximum atomic E-state index is 12.5. The van der Waals surface area contributed by atoms with Crippen molar-refractivity contribution in [2.24, 2.45) is 4.40 Å². The van der Waals surface area contributed by atoms with Crippen LogP contribution in [0, 0.1) is 6.92 Å². The Balaban J connectivity index is 2.38. The summed E-state index contributed by atoms with van der Waals surface area (Å²) in [6, 6.07) is 2.94. The predicted molar refractivity (Wildman–Crippen MR) is 90.8 cm³/mol.